The lowest BCUT2D eigenvalue weighted by atomic mass is 9.79. The van der Waals surface area contributed by atoms with Crippen molar-refractivity contribution in [3.8, 4) is 0 Å². The molecule has 2 fully saturated rings. The van der Waals surface area contributed by atoms with Gasteiger partial charge in [-0.2, -0.15) is 0 Å². The number of ether oxygens (including phenoxy) is 2. The van der Waals surface area contributed by atoms with Gasteiger partial charge in [-0.15, -0.1) is 0 Å². The average Bonchev–Trinajstić information content (AvgIpc) is 3.21. The van der Waals surface area contributed by atoms with E-state index in [0.717, 1.165) is 57.4 Å². The van der Waals surface area contributed by atoms with Gasteiger partial charge in [0.25, 0.3) is 0 Å². The Morgan fingerprint density at radius 1 is 1.50 bits per heavy atom. The summed E-state index contributed by atoms with van der Waals surface area (Å²) in [4.78, 5) is 13.2. The van der Waals surface area contributed by atoms with Gasteiger partial charge in [0, 0.05) is 26.1 Å². The fourth-order valence-corrected chi connectivity index (χ4v) is 4.28. The van der Waals surface area contributed by atoms with Crippen molar-refractivity contribution >= 4 is 5.97 Å². The Morgan fingerprint density at radius 2 is 2.38 bits per heavy atom. The van der Waals surface area contributed by atoms with Crippen LogP contribution in [-0.4, -0.2) is 60.5 Å². The number of aliphatic carboxylic acids is 1. The molecule has 24 heavy (non-hydrogen) atoms. The number of hydrogen-bond donors (Lipinski definition) is 1. The van der Waals surface area contributed by atoms with Gasteiger partial charge in [0.05, 0.1) is 18.0 Å². The zero-order valence-electron chi connectivity index (χ0n) is 14.3. The van der Waals surface area contributed by atoms with E-state index in [1.54, 1.807) is 13.4 Å². The number of rotatable bonds is 8. The third-order valence-electron chi connectivity index (χ3n) is 5.54. The second-order valence-corrected chi connectivity index (χ2v) is 6.85. The third-order valence-corrected chi connectivity index (χ3v) is 5.54. The van der Waals surface area contributed by atoms with Gasteiger partial charge in [0.15, 0.2) is 0 Å². The summed E-state index contributed by atoms with van der Waals surface area (Å²) < 4.78 is 16.9. The fourth-order valence-electron chi connectivity index (χ4n) is 4.28. The first kappa shape index (κ1) is 17.5. The summed E-state index contributed by atoms with van der Waals surface area (Å²) in [5, 5.41) is 8.82. The van der Waals surface area contributed by atoms with Crippen molar-refractivity contribution in [1.82, 2.24) is 4.90 Å². The Kier molecular flexibility index (Phi) is 5.58. The number of carbonyl (C=O) groups is 1. The molecule has 1 aromatic heterocycles. The van der Waals surface area contributed by atoms with Gasteiger partial charge >= 0.3 is 5.97 Å². The molecule has 0 amide bonds. The van der Waals surface area contributed by atoms with Gasteiger partial charge in [0.1, 0.15) is 12.4 Å². The van der Waals surface area contributed by atoms with E-state index in [1.165, 1.54) is 0 Å². The van der Waals surface area contributed by atoms with Gasteiger partial charge < -0.3 is 19.0 Å². The van der Waals surface area contributed by atoms with Crippen molar-refractivity contribution in [3.05, 3.63) is 24.2 Å². The van der Waals surface area contributed by atoms with Crippen molar-refractivity contribution in [2.75, 3.05) is 26.8 Å². The summed E-state index contributed by atoms with van der Waals surface area (Å²) in [6.45, 7) is 1.82. The summed E-state index contributed by atoms with van der Waals surface area (Å²) in [5.74, 6) is 0.124. The van der Waals surface area contributed by atoms with E-state index in [9.17, 15) is 4.79 Å². The lowest BCUT2D eigenvalue weighted by Crippen LogP contribution is -2.52. The highest BCUT2D eigenvalue weighted by Crippen LogP contribution is 2.43. The minimum absolute atomic E-state index is 0.0139. The zero-order chi connectivity index (χ0) is 17.0. The lowest BCUT2D eigenvalue weighted by molar-refractivity contribution is -0.148. The largest absolute Gasteiger partial charge is 0.480 e. The number of likely N-dealkylation sites (tertiary alicyclic amines) is 1. The second-order valence-electron chi connectivity index (χ2n) is 6.85. The normalized spacial score (nSPS) is 30.4. The van der Waals surface area contributed by atoms with Crippen LogP contribution in [0.1, 0.15) is 37.9 Å². The quantitative estimate of drug-likeness (QED) is 0.785. The molecule has 0 radical (unpaired) electrons. The van der Waals surface area contributed by atoms with Crippen molar-refractivity contribution in [3.63, 3.8) is 0 Å². The van der Waals surface area contributed by atoms with Crippen LogP contribution in [0.15, 0.2) is 22.8 Å². The van der Waals surface area contributed by atoms with Gasteiger partial charge in [-0.05, 0) is 50.8 Å². The van der Waals surface area contributed by atoms with Gasteiger partial charge in [-0.1, -0.05) is 0 Å². The SMILES string of the molecule is CO[C@@]12CC[C@@H](OCC(=O)O)C[C@@H]1N(CCCc1ccco1)CC2. The summed E-state index contributed by atoms with van der Waals surface area (Å²) in [7, 11) is 1.80. The summed E-state index contributed by atoms with van der Waals surface area (Å²) in [5.41, 5.74) is -0.0895. The van der Waals surface area contributed by atoms with E-state index < -0.39 is 5.97 Å². The Balaban J connectivity index is 1.55. The van der Waals surface area contributed by atoms with Crippen molar-refractivity contribution < 1.29 is 23.8 Å². The van der Waals surface area contributed by atoms with E-state index >= 15 is 0 Å². The monoisotopic (exact) mass is 337 g/mol. The van der Waals surface area contributed by atoms with Crippen LogP contribution in [0.3, 0.4) is 0 Å². The molecule has 6 nitrogen and oxygen atoms in total. The Bertz CT molecular complexity index is 532. The molecule has 3 rings (SSSR count). The maximum Gasteiger partial charge on any atom is 0.329 e. The molecule has 1 aromatic rings. The first-order valence-corrected chi connectivity index (χ1v) is 8.78. The van der Waals surface area contributed by atoms with Crippen LogP contribution in [0.2, 0.25) is 0 Å². The van der Waals surface area contributed by atoms with Crippen LogP contribution in [0.25, 0.3) is 0 Å². The van der Waals surface area contributed by atoms with Crippen LogP contribution >= 0.6 is 0 Å². The number of carboxylic acids is 1. The summed E-state index contributed by atoms with van der Waals surface area (Å²) in [6.07, 6.45) is 7.42. The molecular weight excluding hydrogens is 310 g/mol. The molecule has 1 aliphatic carbocycles. The van der Waals surface area contributed by atoms with E-state index in [4.69, 9.17) is 19.0 Å². The number of furan rings is 1. The Morgan fingerprint density at radius 3 is 3.08 bits per heavy atom. The number of hydrogen-bond acceptors (Lipinski definition) is 5. The number of aryl methyl sites for hydroxylation is 1. The standard InChI is InChI=1S/C18H27NO5/c1-22-18-7-6-15(24-13-17(20)21)12-16(18)19(10-8-18)9-2-4-14-5-3-11-23-14/h3,5,11,15-16H,2,4,6-10,12-13H2,1H3,(H,20,21)/t15-,16+,18-/m1/s1. The van der Waals surface area contributed by atoms with Gasteiger partial charge in [0.2, 0.25) is 0 Å². The van der Waals surface area contributed by atoms with E-state index in [2.05, 4.69) is 4.90 Å². The number of nitrogens with zero attached hydrogens (tertiary/aromatic N) is 1. The Hall–Kier alpha value is -1.37. The summed E-state index contributed by atoms with van der Waals surface area (Å²) >= 11 is 0. The molecule has 6 heteroatoms. The predicted molar refractivity (Wildman–Crippen MR) is 88.0 cm³/mol. The smallest absolute Gasteiger partial charge is 0.329 e. The average molecular weight is 337 g/mol. The summed E-state index contributed by atoms with van der Waals surface area (Å²) in [6, 6.07) is 4.25. The Labute approximate surface area is 142 Å². The predicted octanol–water partition coefficient (Wildman–Crippen LogP) is 2.33. The van der Waals surface area contributed by atoms with E-state index in [-0.39, 0.29) is 18.3 Å². The van der Waals surface area contributed by atoms with Crippen molar-refractivity contribution in [2.45, 2.75) is 56.3 Å². The van der Waals surface area contributed by atoms with E-state index in [1.807, 2.05) is 12.1 Å². The van der Waals surface area contributed by atoms with Crippen LogP contribution in [-0.2, 0) is 20.7 Å². The van der Waals surface area contributed by atoms with Crippen LogP contribution in [0.5, 0.6) is 0 Å². The molecule has 1 aliphatic heterocycles. The molecule has 0 aromatic carbocycles. The minimum Gasteiger partial charge on any atom is -0.480 e. The maximum absolute atomic E-state index is 10.7. The van der Waals surface area contributed by atoms with Crippen LogP contribution in [0, 0.1) is 0 Å². The molecule has 2 aliphatic rings. The first-order valence-electron chi connectivity index (χ1n) is 8.78. The molecule has 1 saturated heterocycles. The second kappa shape index (κ2) is 7.68. The van der Waals surface area contributed by atoms with E-state index in [0.29, 0.717) is 6.04 Å². The topological polar surface area (TPSA) is 72.1 Å². The molecule has 134 valence electrons. The lowest BCUT2D eigenvalue weighted by Gasteiger charge is -2.43. The molecule has 1 N–H and O–H groups in total. The third kappa shape index (κ3) is 3.82. The number of fused-ring (bicyclic) bond motifs is 1. The number of carboxylic acid groups (broad SMARTS) is 1. The van der Waals surface area contributed by atoms with Crippen molar-refractivity contribution in [1.29, 1.82) is 0 Å². The van der Waals surface area contributed by atoms with Gasteiger partial charge in [-0.25, -0.2) is 4.79 Å². The highest BCUT2D eigenvalue weighted by molar-refractivity contribution is 5.68. The fraction of sp³-hybridized carbons (Fsp3) is 0.722. The molecule has 0 unspecified atom stereocenters. The van der Waals surface area contributed by atoms with Crippen LogP contribution < -0.4 is 0 Å². The molecule has 2 heterocycles. The highest BCUT2D eigenvalue weighted by Gasteiger charge is 2.50. The van der Waals surface area contributed by atoms with Gasteiger partial charge in [-0.3, -0.25) is 4.90 Å². The maximum atomic E-state index is 10.7. The molecule has 3 atom stereocenters. The number of methoxy groups -OCH3 is 1. The first-order chi connectivity index (χ1) is 11.6. The molecule has 0 spiro atoms. The van der Waals surface area contributed by atoms with Crippen LogP contribution in [0.4, 0.5) is 0 Å². The minimum atomic E-state index is -0.902. The molecular formula is C18H27NO5. The molecule has 0 bridgehead atoms. The molecule has 1 saturated carbocycles. The highest BCUT2D eigenvalue weighted by atomic mass is 16.5. The zero-order valence-corrected chi connectivity index (χ0v) is 14.3. The van der Waals surface area contributed by atoms with Crippen molar-refractivity contribution in [2.24, 2.45) is 0 Å².